The number of carbonyl (C=O) groups excluding carboxylic acids is 1. The molecule has 1 aliphatic carbocycles. The average Bonchev–Trinajstić information content (AvgIpc) is 2.86. The zero-order valence-corrected chi connectivity index (χ0v) is 19.3. The Morgan fingerprint density at radius 3 is 2.62 bits per heavy atom. The lowest BCUT2D eigenvalue weighted by atomic mass is 9.62. The van der Waals surface area contributed by atoms with Crippen LogP contribution >= 0.6 is 0 Å². The molecule has 176 valence electrons. The number of carbonyl (C=O) groups is 1. The maximum Gasteiger partial charge on any atom is 0.274 e. The molecule has 0 radical (unpaired) electrons. The van der Waals surface area contributed by atoms with E-state index in [0.29, 0.717) is 18.8 Å². The van der Waals surface area contributed by atoms with Crippen molar-refractivity contribution in [2.75, 3.05) is 13.1 Å². The Morgan fingerprint density at radius 1 is 1.09 bits per heavy atom. The molecule has 34 heavy (non-hydrogen) atoms. The largest absolute Gasteiger partial charge is 0.337 e. The maximum absolute atomic E-state index is 14.4. The van der Waals surface area contributed by atoms with Gasteiger partial charge in [-0.3, -0.25) is 4.79 Å². The number of rotatable bonds is 3. The second kappa shape index (κ2) is 8.81. The molecular weight excluding hydrogens is 436 g/mol. The summed E-state index contributed by atoms with van der Waals surface area (Å²) < 4.78 is 28.8. The zero-order valence-electron chi connectivity index (χ0n) is 19.3. The Labute approximate surface area is 197 Å². The first-order valence-corrected chi connectivity index (χ1v) is 11.8. The molecule has 1 fully saturated rings. The highest BCUT2D eigenvalue weighted by Crippen LogP contribution is 2.48. The SMILES string of the molecule is C[C@H]1CC[C@](C)([C@H]2CCCN(C(=O)c3cccnn3)C2)c2nnc(-c3c(F)cccc3F)cc21. The van der Waals surface area contributed by atoms with Crippen LogP contribution in [0.15, 0.2) is 42.6 Å². The summed E-state index contributed by atoms with van der Waals surface area (Å²) in [4.78, 5) is 14.9. The van der Waals surface area contributed by atoms with Crippen molar-refractivity contribution in [3.63, 3.8) is 0 Å². The molecule has 0 N–H and O–H groups in total. The molecule has 8 heteroatoms. The van der Waals surface area contributed by atoms with Gasteiger partial charge in [0, 0.05) is 24.7 Å². The van der Waals surface area contributed by atoms with Gasteiger partial charge in [0.1, 0.15) is 11.6 Å². The molecule has 6 nitrogen and oxygen atoms in total. The van der Waals surface area contributed by atoms with E-state index in [1.54, 1.807) is 24.4 Å². The van der Waals surface area contributed by atoms with Gasteiger partial charge in [0.05, 0.1) is 17.0 Å². The van der Waals surface area contributed by atoms with Crippen molar-refractivity contribution in [1.82, 2.24) is 25.3 Å². The molecule has 2 aromatic heterocycles. The summed E-state index contributed by atoms with van der Waals surface area (Å²) in [5, 5.41) is 16.7. The van der Waals surface area contributed by atoms with E-state index in [1.807, 2.05) is 4.90 Å². The molecule has 3 atom stereocenters. The summed E-state index contributed by atoms with van der Waals surface area (Å²) in [5.41, 5.74) is 2.00. The van der Waals surface area contributed by atoms with Crippen molar-refractivity contribution in [3.05, 3.63) is 71.2 Å². The van der Waals surface area contributed by atoms with Crippen LogP contribution in [0.25, 0.3) is 11.3 Å². The molecule has 1 saturated heterocycles. The molecule has 0 saturated carbocycles. The van der Waals surface area contributed by atoms with E-state index in [2.05, 4.69) is 34.2 Å². The van der Waals surface area contributed by atoms with Gasteiger partial charge in [0.15, 0.2) is 5.69 Å². The van der Waals surface area contributed by atoms with Gasteiger partial charge in [-0.1, -0.05) is 19.9 Å². The zero-order chi connectivity index (χ0) is 23.9. The first-order chi connectivity index (χ1) is 16.4. The first-order valence-electron chi connectivity index (χ1n) is 11.8. The molecule has 0 unspecified atom stereocenters. The van der Waals surface area contributed by atoms with Crippen molar-refractivity contribution < 1.29 is 13.6 Å². The Hall–Kier alpha value is -3.29. The summed E-state index contributed by atoms with van der Waals surface area (Å²) in [6.07, 6.45) is 5.27. The van der Waals surface area contributed by atoms with E-state index in [9.17, 15) is 13.6 Å². The van der Waals surface area contributed by atoms with Gasteiger partial charge in [-0.15, -0.1) is 5.10 Å². The fourth-order valence-corrected chi connectivity index (χ4v) is 5.54. The number of likely N-dealkylation sites (tertiary alicyclic amines) is 1. The second-order valence-corrected chi connectivity index (χ2v) is 9.69. The van der Waals surface area contributed by atoms with E-state index in [-0.39, 0.29) is 34.4 Å². The molecule has 1 aromatic carbocycles. The van der Waals surface area contributed by atoms with E-state index in [0.717, 1.165) is 36.9 Å². The highest BCUT2D eigenvalue weighted by Gasteiger charge is 2.45. The van der Waals surface area contributed by atoms with E-state index < -0.39 is 11.6 Å². The van der Waals surface area contributed by atoms with Crippen molar-refractivity contribution in [2.45, 2.75) is 50.9 Å². The van der Waals surface area contributed by atoms with E-state index >= 15 is 0 Å². The Morgan fingerprint density at radius 2 is 1.88 bits per heavy atom. The molecule has 1 amide bonds. The van der Waals surface area contributed by atoms with Gasteiger partial charge in [-0.25, -0.2) is 8.78 Å². The van der Waals surface area contributed by atoms with Crippen molar-refractivity contribution in [2.24, 2.45) is 5.92 Å². The Bertz CT molecular complexity index is 1200. The van der Waals surface area contributed by atoms with Gasteiger partial charge in [-0.05, 0) is 73.4 Å². The van der Waals surface area contributed by atoms with Crippen LogP contribution in [0.3, 0.4) is 0 Å². The quantitative estimate of drug-likeness (QED) is 0.551. The van der Waals surface area contributed by atoms with Crippen LogP contribution in [-0.2, 0) is 5.41 Å². The number of halogens is 2. The average molecular weight is 464 g/mol. The smallest absolute Gasteiger partial charge is 0.274 e. The number of hydrogen-bond donors (Lipinski definition) is 0. The highest BCUT2D eigenvalue weighted by atomic mass is 19.1. The monoisotopic (exact) mass is 463 g/mol. The third-order valence-corrected chi connectivity index (χ3v) is 7.61. The highest BCUT2D eigenvalue weighted by molar-refractivity contribution is 5.92. The molecule has 0 bridgehead atoms. The van der Waals surface area contributed by atoms with Crippen molar-refractivity contribution in [3.8, 4) is 11.3 Å². The normalized spacial score (nSPS) is 24.5. The van der Waals surface area contributed by atoms with Gasteiger partial charge >= 0.3 is 0 Å². The lowest BCUT2D eigenvalue weighted by molar-refractivity contribution is 0.0574. The lowest BCUT2D eigenvalue weighted by Crippen LogP contribution is -2.48. The maximum atomic E-state index is 14.4. The minimum atomic E-state index is -0.647. The number of fused-ring (bicyclic) bond motifs is 1. The molecule has 1 aliphatic heterocycles. The first kappa shape index (κ1) is 22.5. The fourth-order valence-electron chi connectivity index (χ4n) is 5.54. The predicted molar refractivity (Wildman–Crippen MR) is 123 cm³/mol. The number of hydrogen-bond acceptors (Lipinski definition) is 5. The third-order valence-electron chi connectivity index (χ3n) is 7.61. The van der Waals surface area contributed by atoms with Crippen LogP contribution in [0.1, 0.15) is 67.2 Å². The number of aromatic nitrogens is 4. The van der Waals surface area contributed by atoms with Crippen molar-refractivity contribution >= 4 is 5.91 Å². The molecule has 5 rings (SSSR count). The topological polar surface area (TPSA) is 71.9 Å². The summed E-state index contributed by atoms with van der Waals surface area (Å²) in [5.74, 6) is -1.01. The van der Waals surface area contributed by atoms with Crippen LogP contribution in [0, 0.1) is 17.6 Å². The van der Waals surface area contributed by atoms with E-state index in [4.69, 9.17) is 0 Å². The number of amides is 1. The number of benzene rings is 1. The fraction of sp³-hybridized carbons (Fsp3) is 0.423. The van der Waals surface area contributed by atoms with E-state index in [1.165, 1.54) is 18.2 Å². The summed E-state index contributed by atoms with van der Waals surface area (Å²) in [7, 11) is 0. The van der Waals surface area contributed by atoms with Crippen LogP contribution in [0.5, 0.6) is 0 Å². The minimum absolute atomic E-state index is 0.109. The second-order valence-electron chi connectivity index (χ2n) is 9.69. The summed E-state index contributed by atoms with van der Waals surface area (Å²) >= 11 is 0. The molecular formula is C26H27F2N5O. The van der Waals surface area contributed by atoms with Crippen LogP contribution in [0.4, 0.5) is 8.78 Å². The third kappa shape index (κ3) is 3.85. The minimum Gasteiger partial charge on any atom is -0.337 e. The summed E-state index contributed by atoms with van der Waals surface area (Å²) in [6.45, 7) is 5.59. The summed E-state index contributed by atoms with van der Waals surface area (Å²) in [6, 6.07) is 9.02. The van der Waals surface area contributed by atoms with Crippen LogP contribution in [-0.4, -0.2) is 44.3 Å². The lowest BCUT2D eigenvalue weighted by Gasteiger charge is -2.46. The predicted octanol–water partition coefficient (Wildman–Crippen LogP) is 4.92. The Kier molecular flexibility index (Phi) is 5.83. The molecule has 3 heterocycles. The molecule has 2 aliphatic rings. The number of nitrogens with zero attached hydrogens (tertiary/aromatic N) is 5. The molecule has 3 aromatic rings. The van der Waals surface area contributed by atoms with Gasteiger partial charge in [-0.2, -0.15) is 15.3 Å². The number of piperidine rings is 1. The van der Waals surface area contributed by atoms with Gasteiger partial charge in [0.2, 0.25) is 0 Å². The van der Waals surface area contributed by atoms with Gasteiger partial charge in [0.25, 0.3) is 5.91 Å². The Balaban J connectivity index is 1.48. The van der Waals surface area contributed by atoms with Crippen LogP contribution in [0.2, 0.25) is 0 Å². The molecule has 0 spiro atoms. The standard InChI is InChI=1S/C26H27F2N5O/c1-16-10-11-26(2,17-6-5-13-33(15-17)25(34)21-9-4-12-29-30-21)24-18(16)14-22(31-32-24)23-19(27)7-3-8-20(23)28/h3-4,7-9,12,14,16-17H,5-6,10-11,13,15H2,1-2H3/t16-,17-,26+/m0/s1. The van der Waals surface area contributed by atoms with Crippen LogP contribution < -0.4 is 0 Å². The van der Waals surface area contributed by atoms with Crippen molar-refractivity contribution in [1.29, 1.82) is 0 Å². The van der Waals surface area contributed by atoms with Gasteiger partial charge < -0.3 is 4.90 Å².